The molecule has 8 heteroatoms. The molecule has 0 radical (unpaired) electrons. The third kappa shape index (κ3) is 7.78. The van der Waals surface area contributed by atoms with Gasteiger partial charge in [0.2, 0.25) is 5.91 Å². The largest absolute Gasteiger partial charge is 0.497 e. The Morgan fingerprint density at radius 1 is 0.850 bits per heavy atom. The Bertz CT molecular complexity index is 1460. The molecule has 4 rings (SSSR count). The maximum Gasteiger partial charge on any atom is 0.251 e. The van der Waals surface area contributed by atoms with Crippen molar-refractivity contribution in [1.29, 1.82) is 0 Å². The molecule has 0 spiro atoms. The molecule has 4 aromatic carbocycles. The number of halogens is 2. The Kier molecular flexibility index (Phi) is 10.1. The molecule has 6 nitrogen and oxygen atoms in total. The normalized spacial score (nSPS) is 11.4. The molecule has 1 atom stereocenters. The number of hydrogen-bond acceptors (Lipinski definition) is 4. The fourth-order valence-electron chi connectivity index (χ4n) is 4.28. The maximum absolute atomic E-state index is 13.4. The predicted octanol–water partition coefficient (Wildman–Crippen LogP) is 6.72. The van der Waals surface area contributed by atoms with Crippen LogP contribution in [0, 0.1) is 6.92 Å². The fourth-order valence-corrected chi connectivity index (χ4v) is 4.68. The van der Waals surface area contributed by atoms with Crippen molar-refractivity contribution in [3.8, 4) is 16.9 Å². The fraction of sp³-hybridized carbons (Fsp3) is 0.188. The second-order valence-corrected chi connectivity index (χ2v) is 10.2. The van der Waals surface area contributed by atoms with Crippen molar-refractivity contribution in [1.82, 2.24) is 10.6 Å². The third-order valence-corrected chi connectivity index (χ3v) is 7.02. The van der Waals surface area contributed by atoms with E-state index in [9.17, 15) is 9.59 Å². The van der Waals surface area contributed by atoms with Gasteiger partial charge < -0.3 is 20.7 Å². The van der Waals surface area contributed by atoms with Gasteiger partial charge in [-0.05, 0) is 72.6 Å². The van der Waals surface area contributed by atoms with Gasteiger partial charge in [0.1, 0.15) is 5.75 Å². The summed E-state index contributed by atoms with van der Waals surface area (Å²) in [5, 5.41) is 10.4. The minimum atomic E-state index is -0.598. The first-order chi connectivity index (χ1) is 19.3. The second-order valence-electron chi connectivity index (χ2n) is 9.32. The number of carbonyl (C=O) groups is 2. The predicted molar refractivity (Wildman–Crippen MR) is 163 cm³/mol. The van der Waals surface area contributed by atoms with Crippen LogP contribution in [-0.2, 0) is 4.79 Å². The van der Waals surface area contributed by atoms with E-state index in [1.807, 2.05) is 73.7 Å². The van der Waals surface area contributed by atoms with E-state index in [1.54, 1.807) is 31.4 Å². The highest BCUT2D eigenvalue weighted by atomic mass is 35.5. The Labute approximate surface area is 244 Å². The molecule has 0 saturated carbocycles. The van der Waals surface area contributed by atoms with Crippen molar-refractivity contribution in [3.05, 3.63) is 118 Å². The van der Waals surface area contributed by atoms with Crippen LogP contribution in [0.2, 0.25) is 10.0 Å². The summed E-state index contributed by atoms with van der Waals surface area (Å²) < 4.78 is 5.18. The van der Waals surface area contributed by atoms with Gasteiger partial charge in [-0.3, -0.25) is 9.59 Å². The summed E-state index contributed by atoms with van der Waals surface area (Å²) in [4.78, 5) is 26.2. The number of rotatable bonds is 11. The summed E-state index contributed by atoms with van der Waals surface area (Å²) in [6.07, 6.45) is 0. The van der Waals surface area contributed by atoms with Gasteiger partial charge in [0.05, 0.1) is 13.0 Å². The number of hydrogen-bond donors (Lipinski definition) is 3. The summed E-state index contributed by atoms with van der Waals surface area (Å²) in [6, 6.07) is 27.8. The lowest BCUT2D eigenvalue weighted by Gasteiger charge is -2.19. The summed E-state index contributed by atoms with van der Waals surface area (Å²) in [5.74, 6) is -0.240. The van der Waals surface area contributed by atoms with E-state index < -0.39 is 5.92 Å². The minimum Gasteiger partial charge on any atom is -0.497 e. The topological polar surface area (TPSA) is 79.5 Å². The quantitative estimate of drug-likeness (QED) is 0.173. The first kappa shape index (κ1) is 29.0. The highest BCUT2D eigenvalue weighted by Gasteiger charge is 2.22. The number of benzene rings is 4. The lowest BCUT2D eigenvalue weighted by molar-refractivity contribution is -0.122. The van der Waals surface area contributed by atoms with Gasteiger partial charge >= 0.3 is 0 Å². The summed E-state index contributed by atoms with van der Waals surface area (Å²) in [7, 11) is 1.62. The lowest BCUT2D eigenvalue weighted by Crippen LogP contribution is -2.39. The molecule has 4 aromatic rings. The molecule has 206 valence electrons. The Morgan fingerprint density at radius 3 is 2.30 bits per heavy atom. The third-order valence-electron chi connectivity index (χ3n) is 6.46. The SMILES string of the molecule is COc1ccc(NCCNC(=O)C(CNC(=O)c2cccc(C)c2)c2ccc(-c3cc(Cl)ccc3Cl)cc2)cc1. The van der Waals surface area contributed by atoms with Gasteiger partial charge in [0, 0.05) is 46.5 Å². The molecular weight excluding hydrogens is 545 g/mol. The van der Waals surface area contributed by atoms with Crippen LogP contribution in [0.4, 0.5) is 5.69 Å². The van der Waals surface area contributed by atoms with Gasteiger partial charge in [-0.15, -0.1) is 0 Å². The van der Waals surface area contributed by atoms with E-state index in [1.165, 1.54) is 0 Å². The van der Waals surface area contributed by atoms with E-state index in [4.69, 9.17) is 27.9 Å². The van der Waals surface area contributed by atoms with Crippen LogP contribution in [0.25, 0.3) is 11.1 Å². The van der Waals surface area contributed by atoms with Crippen LogP contribution in [0.3, 0.4) is 0 Å². The van der Waals surface area contributed by atoms with Crippen LogP contribution < -0.4 is 20.7 Å². The maximum atomic E-state index is 13.4. The number of methoxy groups -OCH3 is 1. The number of anilines is 1. The second kappa shape index (κ2) is 13.9. The number of aryl methyl sites for hydroxylation is 1. The van der Waals surface area contributed by atoms with Crippen LogP contribution in [0.1, 0.15) is 27.4 Å². The van der Waals surface area contributed by atoms with E-state index in [-0.39, 0.29) is 18.4 Å². The van der Waals surface area contributed by atoms with Gasteiger partial charge in [-0.25, -0.2) is 0 Å². The van der Waals surface area contributed by atoms with E-state index in [0.717, 1.165) is 33.7 Å². The minimum absolute atomic E-state index is 0.141. The molecular formula is C32H31Cl2N3O3. The van der Waals surface area contributed by atoms with Crippen molar-refractivity contribution in [2.24, 2.45) is 0 Å². The van der Waals surface area contributed by atoms with E-state index in [2.05, 4.69) is 16.0 Å². The number of ether oxygens (including phenoxy) is 1. The van der Waals surface area contributed by atoms with Crippen LogP contribution in [-0.4, -0.2) is 38.6 Å². The highest BCUT2D eigenvalue weighted by molar-refractivity contribution is 6.35. The van der Waals surface area contributed by atoms with Crippen molar-refractivity contribution >= 4 is 40.7 Å². The zero-order valence-electron chi connectivity index (χ0n) is 22.3. The Balaban J connectivity index is 1.45. The van der Waals surface area contributed by atoms with E-state index >= 15 is 0 Å². The van der Waals surface area contributed by atoms with Gasteiger partial charge in [-0.2, -0.15) is 0 Å². The van der Waals surface area contributed by atoms with Crippen molar-refractivity contribution in [2.75, 3.05) is 32.1 Å². The first-order valence-electron chi connectivity index (χ1n) is 12.9. The smallest absolute Gasteiger partial charge is 0.251 e. The molecule has 2 amide bonds. The van der Waals surface area contributed by atoms with Crippen LogP contribution in [0.5, 0.6) is 5.75 Å². The Hall–Kier alpha value is -4.00. The number of nitrogens with one attached hydrogen (secondary N) is 3. The molecule has 0 heterocycles. The van der Waals surface area contributed by atoms with Gasteiger partial charge in [0.15, 0.2) is 0 Å². The molecule has 0 aliphatic heterocycles. The Morgan fingerprint density at radius 2 is 1.60 bits per heavy atom. The zero-order chi connectivity index (χ0) is 28.5. The molecule has 0 aliphatic rings. The van der Waals surface area contributed by atoms with E-state index in [0.29, 0.717) is 28.7 Å². The average molecular weight is 577 g/mol. The summed E-state index contributed by atoms with van der Waals surface area (Å²) >= 11 is 12.6. The zero-order valence-corrected chi connectivity index (χ0v) is 23.9. The molecule has 1 unspecified atom stereocenters. The average Bonchev–Trinajstić information content (AvgIpc) is 2.97. The molecule has 0 bridgehead atoms. The molecule has 0 aromatic heterocycles. The molecule has 0 aliphatic carbocycles. The van der Waals surface area contributed by atoms with Crippen LogP contribution >= 0.6 is 23.2 Å². The summed E-state index contributed by atoms with van der Waals surface area (Å²) in [5.41, 5.74) is 4.91. The van der Waals surface area contributed by atoms with Crippen LogP contribution in [0.15, 0.2) is 91.0 Å². The molecule has 40 heavy (non-hydrogen) atoms. The standard InChI is InChI=1S/C32H31Cl2N3O3/c1-21-4-3-5-24(18-21)31(38)37-20-29(32(39)36-17-16-35-26-11-13-27(40-2)14-12-26)23-8-6-22(7-9-23)28-19-25(33)10-15-30(28)34/h3-15,18-19,29,35H,16-17,20H2,1-2H3,(H,36,39)(H,37,38). The van der Waals surface area contributed by atoms with Crippen molar-refractivity contribution in [3.63, 3.8) is 0 Å². The first-order valence-corrected chi connectivity index (χ1v) is 13.7. The number of amides is 2. The van der Waals surface area contributed by atoms with Gasteiger partial charge in [-0.1, -0.05) is 65.2 Å². The highest BCUT2D eigenvalue weighted by Crippen LogP contribution is 2.31. The van der Waals surface area contributed by atoms with Gasteiger partial charge in [0.25, 0.3) is 5.91 Å². The molecule has 3 N–H and O–H groups in total. The summed E-state index contributed by atoms with van der Waals surface area (Å²) in [6.45, 7) is 3.01. The van der Waals surface area contributed by atoms with Crippen molar-refractivity contribution < 1.29 is 14.3 Å². The molecule has 0 fully saturated rings. The lowest BCUT2D eigenvalue weighted by atomic mass is 9.95. The monoisotopic (exact) mass is 575 g/mol. The van der Waals surface area contributed by atoms with Crippen molar-refractivity contribution in [2.45, 2.75) is 12.8 Å². The number of carbonyl (C=O) groups excluding carboxylic acids is 2. The molecule has 0 saturated heterocycles.